The molecule has 148 valence electrons. The number of aromatic nitrogens is 1. The smallest absolute Gasteiger partial charge is 0.205 e. The fraction of sp³-hybridized carbons (Fsp3) is 0.409. The molecule has 0 saturated heterocycles. The van der Waals surface area contributed by atoms with Gasteiger partial charge in [0.05, 0.1) is 21.3 Å². The van der Waals surface area contributed by atoms with Gasteiger partial charge in [-0.25, -0.2) is 0 Å². The Balaban J connectivity index is 0.00000364. The van der Waals surface area contributed by atoms with Crippen molar-refractivity contribution in [2.75, 3.05) is 21.3 Å². The fourth-order valence-corrected chi connectivity index (χ4v) is 2.98. The Kier molecular flexibility index (Phi) is 10.9. The minimum absolute atomic E-state index is 0. The molecule has 0 radical (unpaired) electrons. The molecule has 1 aromatic heterocycles. The molecule has 2 rings (SSSR count). The third kappa shape index (κ3) is 6.41. The summed E-state index contributed by atoms with van der Waals surface area (Å²) in [6, 6.07) is 10.1. The molecule has 0 amide bonds. The Morgan fingerprint density at radius 2 is 1.63 bits per heavy atom. The van der Waals surface area contributed by atoms with Gasteiger partial charge in [0.15, 0.2) is 17.7 Å². The Morgan fingerprint density at radius 1 is 0.852 bits per heavy atom. The molecule has 0 N–H and O–H groups in total. The van der Waals surface area contributed by atoms with E-state index in [1.165, 1.54) is 31.4 Å². The maximum absolute atomic E-state index is 5.56. The van der Waals surface area contributed by atoms with Crippen LogP contribution in [0.15, 0.2) is 36.5 Å². The van der Waals surface area contributed by atoms with Gasteiger partial charge < -0.3 is 38.2 Å². The van der Waals surface area contributed by atoms with Crippen molar-refractivity contribution in [1.82, 2.24) is 0 Å². The maximum Gasteiger partial charge on any atom is 0.205 e. The summed E-state index contributed by atoms with van der Waals surface area (Å²) in [7, 11) is 4.89. The topological polar surface area (TPSA) is 31.6 Å². The van der Waals surface area contributed by atoms with E-state index < -0.39 is 0 Å². The van der Waals surface area contributed by atoms with Crippen LogP contribution in [0, 0.1) is 0 Å². The van der Waals surface area contributed by atoms with Gasteiger partial charge in [-0.05, 0) is 30.7 Å². The Bertz CT molecular complexity index is 731. The van der Waals surface area contributed by atoms with Gasteiger partial charge in [0.1, 0.15) is 6.54 Å². The standard InChI is InChI=1S/C22H30NO3.HI/c1-5-6-7-9-16-23-17-10-8-11-19(23)14-12-18-13-15-20(24-2)22(26-4)21(18)25-3;/h8,10-15,17H,5-7,9,16H2,1-4H3;1H/q+1;/p-1/b14-12+;. The molecule has 0 atom stereocenters. The van der Waals surface area contributed by atoms with E-state index in [4.69, 9.17) is 14.2 Å². The number of halogens is 1. The first-order chi connectivity index (χ1) is 12.7. The summed E-state index contributed by atoms with van der Waals surface area (Å²) in [4.78, 5) is 0. The lowest BCUT2D eigenvalue weighted by Crippen LogP contribution is -3.00. The summed E-state index contributed by atoms with van der Waals surface area (Å²) in [5, 5.41) is 0. The van der Waals surface area contributed by atoms with E-state index in [1.54, 1.807) is 21.3 Å². The Hall–Kier alpha value is -1.76. The van der Waals surface area contributed by atoms with E-state index in [0.717, 1.165) is 12.1 Å². The van der Waals surface area contributed by atoms with Crippen LogP contribution < -0.4 is 42.8 Å². The van der Waals surface area contributed by atoms with Crippen molar-refractivity contribution >= 4 is 12.2 Å². The summed E-state index contributed by atoms with van der Waals surface area (Å²) in [6.07, 6.45) is 11.3. The number of hydrogen-bond acceptors (Lipinski definition) is 3. The van der Waals surface area contributed by atoms with Crippen LogP contribution in [0.5, 0.6) is 17.2 Å². The molecular weight excluding hydrogens is 453 g/mol. The first kappa shape index (κ1) is 23.3. The van der Waals surface area contributed by atoms with Crippen LogP contribution in [0.1, 0.15) is 43.9 Å². The molecule has 0 aliphatic rings. The SMILES string of the molecule is CCCCCC[n+]1ccccc1/C=C/c1ccc(OC)c(OC)c1OC.[I-]. The highest BCUT2D eigenvalue weighted by Gasteiger charge is 2.14. The first-order valence-corrected chi connectivity index (χ1v) is 9.20. The van der Waals surface area contributed by atoms with Gasteiger partial charge in [-0.1, -0.05) is 19.8 Å². The van der Waals surface area contributed by atoms with Gasteiger partial charge in [0.25, 0.3) is 0 Å². The van der Waals surface area contributed by atoms with Gasteiger partial charge in [-0.3, -0.25) is 0 Å². The molecule has 0 saturated carbocycles. The lowest BCUT2D eigenvalue weighted by Gasteiger charge is -2.13. The number of aryl methyl sites for hydroxylation is 1. The van der Waals surface area contributed by atoms with Gasteiger partial charge in [-0.15, -0.1) is 0 Å². The first-order valence-electron chi connectivity index (χ1n) is 9.20. The van der Waals surface area contributed by atoms with E-state index in [9.17, 15) is 0 Å². The van der Waals surface area contributed by atoms with Crippen molar-refractivity contribution in [2.24, 2.45) is 0 Å². The van der Waals surface area contributed by atoms with Crippen molar-refractivity contribution in [1.29, 1.82) is 0 Å². The maximum atomic E-state index is 5.56. The number of unbranched alkanes of at least 4 members (excludes halogenated alkanes) is 3. The van der Waals surface area contributed by atoms with Gasteiger partial charge in [0, 0.05) is 30.2 Å². The minimum atomic E-state index is 0. The van der Waals surface area contributed by atoms with Gasteiger partial charge in [-0.2, -0.15) is 4.57 Å². The zero-order chi connectivity index (χ0) is 18.8. The molecule has 27 heavy (non-hydrogen) atoms. The Labute approximate surface area is 180 Å². The molecule has 4 nitrogen and oxygen atoms in total. The number of methoxy groups -OCH3 is 3. The molecule has 0 aliphatic heterocycles. The molecule has 5 heteroatoms. The number of ether oxygens (including phenoxy) is 3. The van der Waals surface area contributed by atoms with E-state index in [1.807, 2.05) is 12.1 Å². The monoisotopic (exact) mass is 483 g/mol. The van der Waals surface area contributed by atoms with E-state index in [2.05, 4.69) is 48.0 Å². The molecule has 0 unspecified atom stereocenters. The van der Waals surface area contributed by atoms with Crippen molar-refractivity contribution < 1.29 is 42.8 Å². The van der Waals surface area contributed by atoms with Gasteiger partial charge in [0.2, 0.25) is 11.4 Å². The predicted molar refractivity (Wildman–Crippen MR) is 106 cm³/mol. The average molecular weight is 483 g/mol. The third-order valence-corrected chi connectivity index (χ3v) is 4.40. The summed E-state index contributed by atoms with van der Waals surface area (Å²) >= 11 is 0. The molecule has 1 aromatic carbocycles. The van der Waals surface area contributed by atoms with E-state index in [-0.39, 0.29) is 24.0 Å². The van der Waals surface area contributed by atoms with Crippen LogP contribution in [0.25, 0.3) is 12.2 Å². The van der Waals surface area contributed by atoms with Crippen LogP contribution in [0.2, 0.25) is 0 Å². The van der Waals surface area contributed by atoms with Crippen molar-refractivity contribution in [2.45, 2.75) is 39.2 Å². The predicted octanol–water partition coefficient (Wildman–Crippen LogP) is 1.75. The van der Waals surface area contributed by atoms with Crippen LogP contribution >= 0.6 is 0 Å². The number of benzene rings is 1. The number of hydrogen-bond donors (Lipinski definition) is 0. The Morgan fingerprint density at radius 3 is 2.30 bits per heavy atom. The van der Waals surface area contributed by atoms with E-state index in [0.29, 0.717) is 17.2 Å². The highest BCUT2D eigenvalue weighted by Crippen LogP contribution is 2.40. The zero-order valence-electron chi connectivity index (χ0n) is 16.7. The molecule has 0 spiro atoms. The second-order valence-electron chi connectivity index (χ2n) is 6.14. The molecule has 0 aliphatic carbocycles. The van der Waals surface area contributed by atoms with E-state index >= 15 is 0 Å². The lowest BCUT2D eigenvalue weighted by molar-refractivity contribution is -0.699. The minimum Gasteiger partial charge on any atom is -1.00 e. The second kappa shape index (κ2) is 12.6. The average Bonchev–Trinajstić information content (AvgIpc) is 2.69. The normalized spacial score (nSPS) is 10.5. The molecule has 0 fully saturated rings. The van der Waals surface area contributed by atoms with Crippen molar-refractivity contribution in [3.05, 3.63) is 47.8 Å². The van der Waals surface area contributed by atoms with Crippen molar-refractivity contribution in [3.8, 4) is 17.2 Å². The van der Waals surface area contributed by atoms with Gasteiger partial charge >= 0.3 is 0 Å². The summed E-state index contributed by atoms with van der Waals surface area (Å²) in [5.41, 5.74) is 2.12. The second-order valence-corrected chi connectivity index (χ2v) is 6.14. The molecule has 0 bridgehead atoms. The quantitative estimate of drug-likeness (QED) is 0.293. The van der Waals surface area contributed by atoms with Crippen LogP contribution in [0.4, 0.5) is 0 Å². The number of nitrogens with zero attached hydrogens (tertiary/aromatic N) is 1. The highest BCUT2D eigenvalue weighted by atomic mass is 127. The third-order valence-electron chi connectivity index (χ3n) is 4.40. The van der Waals surface area contributed by atoms with Crippen LogP contribution in [-0.2, 0) is 6.54 Å². The summed E-state index contributed by atoms with van der Waals surface area (Å²) in [6.45, 7) is 3.27. The van der Waals surface area contributed by atoms with Crippen LogP contribution in [0.3, 0.4) is 0 Å². The number of rotatable bonds is 10. The van der Waals surface area contributed by atoms with Crippen LogP contribution in [-0.4, -0.2) is 21.3 Å². The lowest BCUT2D eigenvalue weighted by atomic mass is 10.1. The fourth-order valence-electron chi connectivity index (χ4n) is 2.98. The molecule has 2 aromatic rings. The largest absolute Gasteiger partial charge is 1.00 e. The molecule has 1 heterocycles. The zero-order valence-corrected chi connectivity index (χ0v) is 18.9. The summed E-state index contributed by atoms with van der Waals surface area (Å²) in [5.74, 6) is 1.94. The number of pyridine rings is 1. The summed E-state index contributed by atoms with van der Waals surface area (Å²) < 4.78 is 18.7. The highest BCUT2D eigenvalue weighted by molar-refractivity contribution is 5.74. The van der Waals surface area contributed by atoms with Crippen molar-refractivity contribution in [3.63, 3.8) is 0 Å². The molecular formula is C22H30INO3.